The molecular weight excluding hydrogens is 208 g/mol. The molecule has 2 aliphatic heterocycles. The van der Waals surface area contributed by atoms with E-state index in [2.05, 4.69) is 0 Å². The SMILES string of the molecule is CC1(CCCC(=O)O)OOc2ccc1cc2. The molecule has 16 heavy (non-hydrogen) atoms. The van der Waals surface area contributed by atoms with E-state index in [1.54, 1.807) is 0 Å². The highest BCUT2D eigenvalue weighted by Crippen LogP contribution is 2.35. The van der Waals surface area contributed by atoms with Crippen LogP contribution >= 0.6 is 0 Å². The Balaban J connectivity index is 2.05. The number of rotatable bonds is 4. The standard InChI is InChI=1S/C12H14O4/c1-12(8-2-3-11(13)14)9-4-6-10(7-5-9)15-16-12/h4-7H,2-3,8H2,1H3,(H,13,14). The average molecular weight is 222 g/mol. The van der Waals surface area contributed by atoms with E-state index in [0.717, 1.165) is 5.56 Å². The average Bonchev–Trinajstić information content (AvgIpc) is 2.49. The largest absolute Gasteiger partial charge is 0.481 e. The Morgan fingerprint density at radius 3 is 2.69 bits per heavy atom. The predicted molar refractivity (Wildman–Crippen MR) is 57.0 cm³/mol. The Labute approximate surface area is 93.7 Å². The molecule has 1 N–H and O–H groups in total. The molecule has 2 heterocycles. The van der Waals surface area contributed by atoms with Gasteiger partial charge in [-0.05, 0) is 37.5 Å². The van der Waals surface area contributed by atoms with Crippen LogP contribution in [0, 0.1) is 0 Å². The lowest BCUT2D eigenvalue weighted by Crippen LogP contribution is -2.26. The van der Waals surface area contributed by atoms with Crippen LogP contribution in [0.1, 0.15) is 31.7 Å². The Morgan fingerprint density at radius 2 is 2.06 bits per heavy atom. The number of carboxylic acid groups (broad SMARTS) is 1. The number of aliphatic carboxylic acids is 1. The second kappa shape index (κ2) is 4.14. The molecule has 0 saturated heterocycles. The highest BCUT2D eigenvalue weighted by molar-refractivity contribution is 5.66. The van der Waals surface area contributed by atoms with Gasteiger partial charge in [0, 0.05) is 6.42 Å². The number of benzene rings is 1. The van der Waals surface area contributed by atoms with E-state index in [1.165, 1.54) is 0 Å². The molecule has 3 rings (SSSR count). The molecule has 0 spiro atoms. The lowest BCUT2D eigenvalue weighted by Gasteiger charge is -2.25. The van der Waals surface area contributed by atoms with E-state index >= 15 is 0 Å². The zero-order valence-corrected chi connectivity index (χ0v) is 9.10. The predicted octanol–water partition coefficient (Wildman–Crippen LogP) is 2.48. The van der Waals surface area contributed by atoms with E-state index in [1.807, 2.05) is 31.2 Å². The molecule has 0 fully saturated rings. The molecule has 1 aromatic carbocycles. The van der Waals surface area contributed by atoms with Gasteiger partial charge in [-0.15, -0.1) is 0 Å². The van der Waals surface area contributed by atoms with Crippen LogP contribution in [0.3, 0.4) is 0 Å². The zero-order valence-electron chi connectivity index (χ0n) is 9.10. The number of hydrogen-bond acceptors (Lipinski definition) is 3. The molecule has 4 heteroatoms. The van der Waals surface area contributed by atoms with E-state index in [9.17, 15) is 4.79 Å². The third-order valence-corrected chi connectivity index (χ3v) is 2.83. The van der Waals surface area contributed by atoms with Gasteiger partial charge in [-0.3, -0.25) is 4.79 Å². The molecule has 4 nitrogen and oxygen atoms in total. The summed E-state index contributed by atoms with van der Waals surface area (Å²) < 4.78 is 0. The molecule has 0 aromatic heterocycles. The minimum Gasteiger partial charge on any atom is -0.481 e. The molecule has 2 bridgehead atoms. The van der Waals surface area contributed by atoms with Crippen LogP contribution in [0.15, 0.2) is 24.3 Å². The first kappa shape index (κ1) is 11.0. The monoisotopic (exact) mass is 222 g/mol. The molecule has 1 unspecified atom stereocenters. The Bertz CT molecular complexity index is 385. The molecule has 86 valence electrons. The lowest BCUT2D eigenvalue weighted by atomic mass is 9.90. The molecular formula is C12H14O4. The summed E-state index contributed by atoms with van der Waals surface area (Å²) in [6, 6.07) is 7.59. The molecule has 1 atom stereocenters. The van der Waals surface area contributed by atoms with Gasteiger partial charge >= 0.3 is 5.97 Å². The Morgan fingerprint density at radius 1 is 1.38 bits per heavy atom. The second-order valence-electron chi connectivity index (χ2n) is 4.17. The zero-order chi connectivity index (χ0) is 11.6. The number of carboxylic acids is 1. The van der Waals surface area contributed by atoms with E-state index in [4.69, 9.17) is 14.9 Å². The van der Waals surface area contributed by atoms with Crippen molar-refractivity contribution >= 4 is 5.97 Å². The summed E-state index contributed by atoms with van der Waals surface area (Å²) in [6.07, 6.45) is 1.34. The maximum atomic E-state index is 10.5. The quantitative estimate of drug-likeness (QED) is 0.795. The smallest absolute Gasteiger partial charge is 0.303 e. The van der Waals surface area contributed by atoms with Crippen LogP contribution < -0.4 is 4.89 Å². The van der Waals surface area contributed by atoms with Crippen LogP contribution in [-0.4, -0.2) is 11.1 Å². The lowest BCUT2D eigenvalue weighted by molar-refractivity contribution is -0.292. The summed E-state index contributed by atoms with van der Waals surface area (Å²) in [5.41, 5.74) is 0.458. The maximum Gasteiger partial charge on any atom is 0.303 e. The summed E-state index contributed by atoms with van der Waals surface area (Å²) in [5.74, 6) is -0.112. The molecule has 0 saturated carbocycles. The van der Waals surface area contributed by atoms with Crippen molar-refractivity contribution in [2.45, 2.75) is 31.8 Å². The molecule has 0 radical (unpaired) electrons. The van der Waals surface area contributed by atoms with Crippen LogP contribution in [0.2, 0.25) is 0 Å². The van der Waals surface area contributed by atoms with Gasteiger partial charge in [0.15, 0.2) is 5.75 Å². The number of hydrogen-bond donors (Lipinski definition) is 1. The highest BCUT2D eigenvalue weighted by atomic mass is 17.2. The van der Waals surface area contributed by atoms with E-state index < -0.39 is 11.6 Å². The topological polar surface area (TPSA) is 55.8 Å². The molecule has 1 aromatic rings. The summed E-state index contributed by atoms with van der Waals surface area (Å²) in [5, 5.41) is 8.60. The van der Waals surface area contributed by atoms with Crippen LogP contribution in [0.25, 0.3) is 0 Å². The van der Waals surface area contributed by atoms with Gasteiger partial charge in [0.2, 0.25) is 0 Å². The van der Waals surface area contributed by atoms with Gasteiger partial charge in [0.25, 0.3) is 0 Å². The van der Waals surface area contributed by atoms with Crippen molar-refractivity contribution in [2.24, 2.45) is 0 Å². The first-order chi connectivity index (χ1) is 7.60. The fourth-order valence-corrected chi connectivity index (χ4v) is 1.81. The summed E-state index contributed by atoms with van der Waals surface area (Å²) >= 11 is 0. The number of carbonyl (C=O) groups is 1. The molecule has 0 aliphatic carbocycles. The first-order valence-corrected chi connectivity index (χ1v) is 5.28. The minimum atomic E-state index is -0.784. The Kier molecular flexibility index (Phi) is 2.83. The van der Waals surface area contributed by atoms with Crippen molar-refractivity contribution in [2.75, 3.05) is 0 Å². The van der Waals surface area contributed by atoms with Gasteiger partial charge in [-0.1, -0.05) is 12.1 Å². The van der Waals surface area contributed by atoms with E-state index in [0.29, 0.717) is 18.6 Å². The summed E-state index contributed by atoms with van der Waals surface area (Å²) in [6.45, 7) is 1.91. The van der Waals surface area contributed by atoms with Crippen molar-refractivity contribution < 1.29 is 19.7 Å². The maximum absolute atomic E-state index is 10.5. The van der Waals surface area contributed by atoms with Crippen molar-refractivity contribution in [3.05, 3.63) is 29.8 Å². The number of fused-ring (bicyclic) bond motifs is 4. The van der Waals surface area contributed by atoms with Gasteiger partial charge in [0.05, 0.1) is 0 Å². The van der Waals surface area contributed by atoms with Gasteiger partial charge in [-0.25, -0.2) is 0 Å². The molecule has 0 amide bonds. The van der Waals surface area contributed by atoms with Crippen LogP contribution in [-0.2, 0) is 15.3 Å². The second-order valence-corrected chi connectivity index (χ2v) is 4.17. The van der Waals surface area contributed by atoms with Gasteiger partial charge < -0.3 is 9.99 Å². The van der Waals surface area contributed by atoms with Crippen molar-refractivity contribution in [1.82, 2.24) is 0 Å². The van der Waals surface area contributed by atoms with Crippen molar-refractivity contribution in [1.29, 1.82) is 0 Å². The third kappa shape index (κ3) is 2.17. The summed E-state index contributed by atoms with van der Waals surface area (Å²) in [7, 11) is 0. The minimum absolute atomic E-state index is 0.149. The van der Waals surface area contributed by atoms with Crippen molar-refractivity contribution in [3.63, 3.8) is 0 Å². The van der Waals surface area contributed by atoms with Crippen LogP contribution in [0.5, 0.6) is 5.75 Å². The fourth-order valence-electron chi connectivity index (χ4n) is 1.81. The first-order valence-electron chi connectivity index (χ1n) is 5.28. The van der Waals surface area contributed by atoms with E-state index in [-0.39, 0.29) is 6.42 Å². The molecule has 2 aliphatic rings. The fraction of sp³-hybridized carbons (Fsp3) is 0.417. The normalized spacial score (nSPS) is 22.6. The van der Waals surface area contributed by atoms with Gasteiger partial charge in [0.1, 0.15) is 5.60 Å². The highest BCUT2D eigenvalue weighted by Gasteiger charge is 2.32. The third-order valence-electron chi connectivity index (χ3n) is 2.83. The summed E-state index contributed by atoms with van der Waals surface area (Å²) in [4.78, 5) is 21.0. The van der Waals surface area contributed by atoms with Crippen molar-refractivity contribution in [3.8, 4) is 5.75 Å². The Hall–Kier alpha value is -1.55. The van der Waals surface area contributed by atoms with Gasteiger partial charge in [-0.2, -0.15) is 4.89 Å². The van der Waals surface area contributed by atoms with Crippen LogP contribution in [0.4, 0.5) is 0 Å².